The van der Waals surface area contributed by atoms with Crippen LogP contribution >= 0.6 is 11.6 Å². The van der Waals surface area contributed by atoms with Gasteiger partial charge in [0, 0.05) is 10.4 Å². The van der Waals surface area contributed by atoms with Crippen molar-refractivity contribution in [3.05, 3.63) is 71.2 Å². The number of fused-ring (bicyclic) bond motifs is 1. The van der Waals surface area contributed by atoms with E-state index in [0.29, 0.717) is 22.7 Å². The zero-order valence-electron chi connectivity index (χ0n) is 18.3. The summed E-state index contributed by atoms with van der Waals surface area (Å²) in [6.45, 7) is 4.05. The first kappa shape index (κ1) is 23.9. The fourth-order valence-corrected chi connectivity index (χ4v) is 5.06. The van der Waals surface area contributed by atoms with Crippen LogP contribution in [0.1, 0.15) is 18.9 Å². The first-order valence-electron chi connectivity index (χ1n) is 10.4. The van der Waals surface area contributed by atoms with Gasteiger partial charge in [-0.15, -0.1) is 0 Å². The Bertz CT molecular complexity index is 1210. The summed E-state index contributed by atoms with van der Waals surface area (Å²) in [7, 11) is -3.73. The number of hydrogen-bond donors (Lipinski definition) is 1. The third-order valence-corrected chi connectivity index (χ3v) is 6.55. The SMILES string of the molecule is CCC(C(=O)NCCOc1cccc2ccccc12)N(c1cc(Cl)ccc1C)S(C)(=O)=O. The molecule has 1 unspecified atom stereocenters. The Morgan fingerprint density at radius 2 is 1.84 bits per heavy atom. The molecule has 0 saturated heterocycles. The van der Waals surface area contributed by atoms with Gasteiger partial charge in [0.15, 0.2) is 0 Å². The van der Waals surface area contributed by atoms with Crippen LogP contribution in [0.2, 0.25) is 5.02 Å². The summed E-state index contributed by atoms with van der Waals surface area (Å²) in [6.07, 6.45) is 1.39. The normalized spacial score (nSPS) is 12.4. The van der Waals surface area contributed by atoms with Gasteiger partial charge in [-0.3, -0.25) is 9.10 Å². The number of carbonyl (C=O) groups excluding carboxylic acids is 1. The Morgan fingerprint density at radius 1 is 1.12 bits per heavy atom. The highest BCUT2D eigenvalue weighted by Crippen LogP contribution is 2.29. The standard InChI is InChI=1S/C24H27ClN2O4S/c1-4-21(27(32(3,29)30)22-16-19(25)13-12-17(22)2)24(28)26-14-15-31-23-11-7-9-18-8-5-6-10-20(18)23/h5-13,16,21H,4,14-15H2,1-3H3,(H,26,28). The van der Waals surface area contributed by atoms with E-state index in [1.165, 1.54) is 0 Å². The monoisotopic (exact) mass is 474 g/mol. The van der Waals surface area contributed by atoms with E-state index in [9.17, 15) is 13.2 Å². The van der Waals surface area contributed by atoms with E-state index in [1.807, 2.05) is 42.5 Å². The average Bonchev–Trinajstić information content (AvgIpc) is 2.76. The van der Waals surface area contributed by atoms with Gasteiger partial charge >= 0.3 is 0 Å². The molecule has 0 spiro atoms. The highest BCUT2D eigenvalue weighted by Gasteiger charge is 2.32. The van der Waals surface area contributed by atoms with Crippen LogP contribution < -0.4 is 14.4 Å². The molecular formula is C24H27ClN2O4S. The molecule has 0 bridgehead atoms. The third-order valence-electron chi connectivity index (χ3n) is 5.15. The van der Waals surface area contributed by atoms with Crippen LogP contribution in [0.3, 0.4) is 0 Å². The summed E-state index contributed by atoms with van der Waals surface area (Å²) >= 11 is 6.10. The first-order valence-corrected chi connectivity index (χ1v) is 12.6. The van der Waals surface area contributed by atoms with E-state index in [2.05, 4.69) is 5.32 Å². The second-order valence-corrected chi connectivity index (χ2v) is 9.83. The lowest BCUT2D eigenvalue weighted by molar-refractivity contribution is -0.122. The fourth-order valence-electron chi connectivity index (χ4n) is 3.63. The number of halogens is 1. The van der Waals surface area contributed by atoms with Crippen molar-refractivity contribution in [1.29, 1.82) is 0 Å². The molecule has 170 valence electrons. The largest absolute Gasteiger partial charge is 0.491 e. The van der Waals surface area contributed by atoms with Crippen molar-refractivity contribution < 1.29 is 17.9 Å². The number of ether oxygens (including phenoxy) is 1. The lowest BCUT2D eigenvalue weighted by atomic mass is 10.1. The van der Waals surface area contributed by atoms with E-state index in [1.54, 1.807) is 32.0 Å². The maximum Gasteiger partial charge on any atom is 0.244 e. The molecule has 6 nitrogen and oxygen atoms in total. The van der Waals surface area contributed by atoms with Crippen molar-refractivity contribution in [1.82, 2.24) is 5.32 Å². The van der Waals surface area contributed by atoms with E-state index >= 15 is 0 Å². The molecule has 1 N–H and O–H groups in total. The maximum atomic E-state index is 12.9. The molecule has 32 heavy (non-hydrogen) atoms. The van der Waals surface area contributed by atoms with Gasteiger partial charge in [0.25, 0.3) is 0 Å². The summed E-state index contributed by atoms with van der Waals surface area (Å²) in [6, 6.07) is 17.8. The Morgan fingerprint density at radius 3 is 2.56 bits per heavy atom. The molecule has 0 fully saturated rings. The van der Waals surface area contributed by atoms with Crippen molar-refractivity contribution in [2.24, 2.45) is 0 Å². The molecule has 3 aromatic carbocycles. The number of carbonyl (C=O) groups is 1. The Kier molecular flexibility index (Phi) is 7.64. The van der Waals surface area contributed by atoms with Crippen LogP contribution in [0.15, 0.2) is 60.7 Å². The van der Waals surface area contributed by atoms with Crippen molar-refractivity contribution in [2.45, 2.75) is 26.3 Å². The highest BCUT2D eigenvalue weighted by atomic mass is 35.5. The number of hydrogen-bond acceptors (Lipinski definition) is 4. The molecular weight excluding hydrogens is 448 g/mol. The topological polar surface area (TPSA) is 75.7 Å². The molecule has 0 heterocycles. The van der Waals surface area contributed by atoms with E-state index in [4.69, 9.17) is 16.3 Å². The molecule has 0 saturated carbocycles. The van der Waals surface area contributed by atoms with Gasteiger partial charge in [-0.25, -0.2) is 8.42 Å². The summed E-state index contributed by atoms with van der Waals surface area (Å²) in [5.41, 5.74) is 1.11. The van der Waals surface area contributed by atoms with Gasteiger partial charge < -0.3 is 10.1 Å². The van der Waals surface area contributed by atoms with Gasteiger partial charge in [0.1, 0.15) is 18.4 Å². The number of aryl methyl sites for hydroxylation is 1. The molecule has 0 aromatic heterocycles. The summed E-state index contributed by atoms with van der Waals surface area (Å²) in [4.78, 5) is 12.9. The van der Waals surface area contributed by atoms with Crippen LogP contribution in [0, 0.1) is 6.92 Å². The van der Waals surface area contributed by atoms with Crippen molar-refractivity contribution in [3.63, 3.8) is 0 Å². The summed E-state index contributed by atoms with van der Waals surface area (Å²) in [5.74, 6) is 0.343. The average molecular weight is 475 g/mol. The van der Waals surface area contributed by atoms with Gasteiger partial charge in [-0.2, -0.15) is 0 Å². The molecule has 1 amide bonds. The minimum atomic E-state index is -3.73. The van der Waals surface area contributed by atoms with Crippen molar-refractivity contribution in [3.8, 4) is 5.75 Å². The minimum Gasteiger partial charge on any atom is -0.491 e. The van der Waals surface area contributed by atoms with Crippen molar-refractivity contribution >= 4 is 44.0 Å². The molecule has 8 heteroatoms. The molecule has 0 aliphatic carbocycles. The number of sulfonamides is 1. The van der Waals surface area contributed by atoms with Gasteiger partial charge in [-0.05, 0) is 42.5 Å². The molecule has 3 rings (SSSR count). The number of nitrogens with one attached hydrogen (secondary N) is 1. The Labute approximate surface area is 194 Å². The number of benzene rings is 3. The third kappa shape index (κ3) is 5.53. The second kappa shape index (κ2) is 10.2. The zero-order chi connectivity index (χ0) is 23.3. The lowest BCUT2D eigenvalue weighted by Crippen LogP contribution is -2.50. The van der Waals surface area contributed by atoms with Crippen LogP contribution in [0.25, 0.3) is 10.8 Å². The Hall–Kier alpha value is -2.77. The van der Waals surface area contributed by atoms with Gasteiger partial charge in [0.2, 0.25) is 15.9 Å². The summed E-state index contributed by atoms with van der Waals surface area (Å²) in [5, 5.41) is 5.27. The lowest BCUT2D eigenvalue weighted by Gasteiger charge is -2.31. The molecule has 0 radical (unpaired) electrons. The fraction of sp³-hybridized carbons (Fsp3) is 0.292. The number of anilines is 1. The summed E-state index contributed by atoms with van der Waals surface area (Å²) < 4.78 is 32.2. The van der Waals surface area contributed by atoms with E-state index in [-0.39, 0.29) is 19.1 Å². The van der Waals surface area contributed by atoms with E-state index in [0.717, 1.165) is 27.1 Å². The molecule has 0 aliphatic heterocycles. The van der Waals surface area contributed by atoms with Crippen molar-refractivity contribution in [2.75, 3.05) is 23.7 Å². The predicted molar refractivity (Wildman–Crippen MR) is 130 cm³/mol. The second-order valence-electron chi connectivity index (χ2n) is 7.53. The number of amides is 1. The molecule has 1 atom stereocenters. The smallest absolute Gasteiger partial charge is 0.244 e. The quantitative estimate of drug-likeness (QED) is 0.462. The van der Waals surface area contributed by atoms with Crippen LogP contribution in [-0.4, -0.2) is 39.8 Å². The minimum absolute atomic E-state index is 0.241. The maximum absolute atomic E-state index is 12.9. The van der Waals surface area contributed by atoms with Crippen LogP contribution in [0.4, 0.5) is 5.69 Å². The number of nitrogens with zero attached hydrogens (tertiary/aromatic N) is 1. The predicted octanol–water partition coefficient (Wildman–Crippen LogP) is 4.54. The number of rotatable bonds is 9. The first-order chi connectivity index (χ1) is 15.2. The molecule has 0 aliphatic rings. The van der Waals surface area contributed by atoms with Gasteiger partial charge in [-0.1, -0.05) is 61.0 Å². The Balaban J connectivity index is 1.71. The van der Waals surface area contributed by atoms with E-state index < -0.39 is 16.1 Å². The zero-order valence-corrected chi connectivity index (χ0v) is 19.9. The van der Waals surface area contributed by atoms with Crippen LogP contribution in [-0.2, 0) is 14.8 Å². The van der Waals surface area contributed by atoms with Crippen LogP contribution in [0.5, 0.6) is 5.75 Å². The highest BCUT2D eigenvalue weighted by molar-refractivity contribution is 7.92. The van der Waals surface area contributed by atoms with Gasteiger partial charge in [0.05, 0.1) is 18.5 Å². The molecule has 3 aromatic rings.